The van der Waals surface area contributed by atoms with Crippen molar-refractivity contribution in [3.63, 3.8) is 0 Å². The first-order valence-corrected chi connectivity index (χ1v) is 22.8. The zero-order valence-corrected chi connectivity index (χ0v) is 38.9. The Labute approximate surface area is 391 Å². The zero-order valence-electron chi connectivity index (χ0n) is 37.3. The van der Waals surface area contributed by atoms with E-state index in [0.717, 1.165) is 47.8 Å². The van der Waals surface area contributed by atoms with Crippen LogP contribution in [0, 0.1) is 5.92 Å². The maximum atomic E-state index is 14.8. The van der Waals surface area contributed by atoms with Gasteiger partial charge in [0.15, 0.2) is 0 Å². The first-order valence-electron chi connectivity index (χ1n) is 22.1. The van der Waals surface area contributed by atoms with Crippen LogP contribution in [0.5, 0.6) is 11.5 Å². The van der Waals surface area contributed by atoms with Crippen molar-refractivity contribution in [2.24, 2.45) is 13.0 Å². The van der Waals surface area contributed by atoms with Crippen LogP contribution in [0.15, 0.2) is 103 Å². The lowest BCUT2D eigenvalue weighted by atomic mass is 9.93. The summed E-state index contributed by atoms with van der Waals surface area (Å²) in [5.41, 5.74) is 4.31. The fourth-order valence-electron chi connectivity index (χ4n) is 8.49. The van der Waals surface area contributed by atoms with Crippen molar-refractivity contribution >= 4 is 46.8 Å². The molecule has 2 aliphatic heterocycles. The number of likely N-dealkylation sites (tertiary alicyclic amines) is 1. The number of benzene rings is 4. The fourth-order valence-corrected chi connectivity index (χ4v) is 8.78. The first kappa shape index (κ1) is 47.2. The van der Waals surface area contributed by atoms with Crippen LogP contribution in [-0.4, -0.2) is 106 Å². The monoisotopic (exact) mass is 921 g/mol. The van der Waals surface area contributed by atoms with Crippen molar-refractivity contribution in [3.8, 4) is 22.8 Å². The standard InChI is InChI=1S/C50H57Cl2N7O6/c1-33-48(61)55-43(32-64-4)50(63)56(2)41(25-35-12-17-39(51)18-13-35)28-54-49(62)38(24-34-10-6-5-7-11-34)26-47(60)59(33)30-37-14-19-40(52)27-45(37)65-42-20-15-36(16-21-42)44-29-53-46(57(44)3)31-58-22-8-9-23-58/h5-7,10-21,27,29,33,38,41,43H,8-9,22-26,28,30-32H2,1-4H3,(H,54,62)(H,55,61)/t33-,38+,41+,43-/m0/s1. The molecule has 65 heavy (non-hydrogen) atoms. The molecule has 0 radical (unpaired) electrons. The summed E-state index contributed by atoms with van der Waals surface area (Å²) in [4.78, 5) is 67.7. The van der Waals surface area contributed by atoms with Crippen LogP contribution in [0.1, 0.15) is 48.7 Å². The number of rotatable bonds is 13. The van der Waals surface area contributed by atoms with Crippen LogP contribution < -0.4 is 15.4 Å². The van der Waals surface area contributed by atoms with Crippen LogP contribution >= 0.6 is 23.2 Å². The smallest absolute Gasteiger partial charge is 0.247 e. The van der Waals surface area contributed by atoms with Gasteiger partial charge in [-0.25, -0.2) is 4.98 Å². The van der Waals surface area contributed by atoms with E-state index in [0.29, 0.717) is 33.5 Å². The van der Waals surface area contributed by atoms with E-state index in [4.69, 9.17) is 37.7 Å². The van der Waals surface area contributed by atoms with Gasteiger partial charge in [0.05, 0.1) is 43.5 Å². The predicted molar refractivity (Wildman–Crippen MR) is 251 cm³/mol. The summed E-state index contributed by atoms with van der Waals surface area (Å²) in [7, 11) is 5.13. The number of carbonyl (C=O) groups excluding carboxylic acids is 4. The molecule has 13 nitrogen and oxygen atoms in total. The molecule has 0 bridgehead atoms. The molecule has 2 N–H and O–H groups in total. The van der Waals surface area contributed by atoms with E-state index >= 15 is 0 Å². The van der Waals surface area contributed by atoms with Crippen molar-refractivity contribution in [1.29, 1.82) is 0 Å². The van der Waals surface area contributed by atoms with E-state index in [1.807, 2.05) is 80.0 Å². The SMILES string of the molecule is COC[C@@H]1NC(=O)[C@H](C)N(Cc2ccc(Cl)cc2Oc2ccc(-c3cnc(CN4CCCC4)n3C)cc2)C(=O)C[C@@H](Cc2ccccc2)C(=O)NC[C@@H](Cc2ccc(Cl)cc2)N(C)C1=O. The highest BCUT2D eigenvalue weighted by Crippen LogP contribution is 2.32. The summed E-state index contributed by atoms with van der Waals surface area (Å²) in [5.74, 6) is -0.638. The third-order valence-corrected chi connectivity index (χ3v) is 12.9. The molecule has 0 unspecified atom stereocenters. The van der Waals surface area contributed by atoms with E-state index in [1.54, 1.807) is 44.3 Å². The maximum Gasteiger partial charge on any atom is 0.247 e. The number of amides is 4. The molecule has 342 valence electrons. The van der Waals surface area contributed by atoms with Gasteiger partial charge in [0.25, 0.3) is 0 Å². The Bertz CT molecular complexity index is 2420. The van der Waals surface area contributed by atoms with Gasteiger partial charge >= 0.3 is 0 Å². The van der Waals surface area contributed by atoms with Crippen molar-refractivity contribution in [1.82, 2.24) is 34.9 Å². The highest BCUT2D eigenvalue weighted by molar-refractivity contribution is 6.31. The van der Waals surface area contributed by atoms with Crippen molar-refractivity contribution in [2.75, 3.05) is 40.4 Å². The zero-order chi connectivity index (χ0) is 46.0. The number of aromatic nitrogens is 2. The molecule has 4 aromatic carbocycles. The molecular formula is C50H57Cl2N7O6. The minimum absolute atomic E-state index is 0.0710. The molecular weight excluding hydrogens is 865 g/mol. The summed E-state index contributed by atoms with van der Waals surface area (Å²) in [6, 6.07) is 26.9. The lowest BCUT2D eigenvalue weighted by molar-refractivity contribution is -0.145. The first-order chi connectivity index (χ1) is 31.4. The number of carbonyl (C=O) groups is 4. The molecule has 2 saturated heterocycles. The van der Waals surface area contributed by atoms with Gasteiger partial charge in [-0.2, -0.15) is 0 Å². The molecule has 7 rings (SSSR count). The fraction of sp³-hybridized carbons (Fsp3) is 0.380. The molecule has 0 aliphatic carbocycles. The molecule has 2 fully saturated rings. The number of imidazole rings is 1. The number of likely N-dealkylation sites (N-methyl/N-ethyl adjacent to an activating group) is 1. The van der Waals surface area contributed by atoms with Crippen LogP contribution in [-0.2, 0) is 56.9 Å². The Kier molecular flexibility index (Phi) is 16.0. The van der Waals surface area contributed by atoms with Crippen LogP contribution in [0.25, 0.3) is 11.3 Å². The lowest BCUT2D eigenvalue weighted by Gasteiger charge is -2.35. The van der Waals surface area contributed by atoms with Gasteiger partial charge in [-0.3, -0.25) is 24.1 Å². The Morgan fingerprint density at radius 1 is 0.800 bits per heavy atom. The third-order valence-electron chi connectivity index (χ3n) is 12.4. The van der Waals surface area contributed by atoms with E-state index in [9.17, 15) is 19.2 Å². The molecule has 3 heterocycles. The average molecular weight is 923 g/mol. The minimum atomic E-state index is -1.09. The molecule has 0 spiro atoms. The summed E-state index contributed by atoms with van der Waals surface area (Å²) >= 11 is 12.7. The third kappa shape index (κ3) is 12.1. The molecule has 4 amide bonds. The molecule has 2 aliphatic rings. The Morgan fingerprint density at radius 3 is 2.20 bits per heavy atom. The highest BCUT2D eigenvalue weighted by Gasteiger charge is 2.36. The number of methoxy groups -OCH3 is 1. The molecule has 1 aromatic heterocycles. The quantitative estimate of drug-likeness (QED) is 0.128. The average Bonchev–Trinajstić information content (AvgIpc) is 3.96. The maximum absolute atomic E-state index is 14.8. The van der Waals surface area contributed by atoms with Crippen molar-refractivity contribution in [3.05, 3.63) is 136 Å². The molecule has 4 atom stereocenters. The Morgan fingerprint density at radius 2 is 1.49 bits per heavy atom. The summed E-state index contributed by atoms with van der Waals surface area (Å²) in [5, 5.41) is 6.95. The number of nitrogens with one attached hydrogen (secondary N) is 2. The minimum Gasteiger partial charge on any atom is -0.457 e. The topological polar surface area (TPSA) is 138 Å². The van der Waals surface area contributed by atoms with Gasteiger partial charge in [-0.15, -0.1) is 0 Å². The van der Waals surface area contributed by atoms with Gasteiger partial charge in [-0.1, -0.05) is 71.7 Å². The number of halogens is 2. The van der Waals surface area contributed by atoms with Gasteiger partial charge in [-0.05, 0) is 105 Å². The summed E-state index contributed by atoms with van der Waals surface area (Å²) < 4.78 is 14.0. The van der Waals surface area contributed by atoms with Crippen LogP contribution in [0.4, 0.5) is 0 Å². The van der Waals surface area contributed by atoms with Gasteiger partial charge < -0.3 is 34.5 Å². The van der Waals surface area contributed by atoms with Crippen molar-refractivity contribution < 1.29 is 28.7 Å². The van der Waals surface area contributed by atoms with E-state index < -0.39 is 41.8 Å². The lowest BCUT2D eigenvalue weighted by Crippen LogP contribution is -2.58. The van der Waals surface area contributed by atoms with E-state index in [1.165, 1.54) is 29.8 Å². The predicted octanol–water partition coefficient (Wildman–Crippen LogP) is 7.08. The molecule has 15 heteroatoms. The Hall–Kier alpha value is -5.73. The Balaban J connectivity index is 1.16. The molecule has 0 saturated carbocycles. The second-order valence-corrected chi connectivity index (χ2v) is 17.8. The van der Waals surface area contributed by atoms with E-state index in [2.05, 4.69) is 20.1 Å². The van der Waals surface area contributed by atoms with Gasteiger partial charge in [0.1, 0.15) is 29.4 Å². The summed E-state index contributed by atoms with van der Waals surface area (Å²) in [6.45, 7) is 4.49. The van der Waals surface area contributed by atoms with Gasteiger partial charge in [0.2, 0.25) is 23.6 Å². The number of hydrogen-bond acceptors (Lipinski definition) is 8. The van der Waals surface area contributed by atoms with E-state index in [-0.39, 0.29) is 38.4 Å². The van der Waals surface area contributed by atoms with Gasteiger partial charge in [0, 0.05) is 55.3 Å². The summed E-state index contributed by atoms with van der Waals surface area (Å²) in [6.07, 6.45) is 4.78. The van der Waals surface area contributed by atoms with Crippen LogP contribution in [0.2, 0.25) is 10.0 Å². The van der Waals surface area contributed by atoms with Crippen LogP contribution in [0.3, 0.4) is 0 Å². The highest BCUT2D eigenvalue weighted by atomic mass is 35.5. The second-order valence-electron chi connectivity index (χ2n) is 17.0. The number of nitrogens with zero attached hydrogens (tertiary/aromatic N) is 5. The number of ether oxygens (including phenoxy) is 2. The normalized spacial score (nSPS) is 20.4. The van der Waals surface area contributed by atoms with Crippen molar-refractivity contribution in [2.45, 2.75) is 70.2 Å². The largest absolute Gasteiger partial charge is 0.457 e. The second kappa shape index (κ2) is 22.0. The molecule has 5 aromatic rings. The number of hydrogen-bond donors (Lipinski definition) is 2.